The highest BCUT2D eigenvalue weighted by molar-refractivity contribution is 5.84. The maximum atomic E-state index is 12.7. The number of rotatable bonds is 5. The first-order valence-electron chi connectivity index (χ1n) is 8.44. The van der Waals surface area contributed by atoms with Crippen LogP contribution in [0.4, 0.5) is 23.7 Å². The maximum Gasteiger partial charge on any atom is 0.416 e. The summed E-state index contributed by atoms with van der Waals surface area (Å²) in [5.41, 5.74) is -0.935. The van der Waals surface area contributed by atoms with Crippen molar-refractivity contribution in [3.8, 4) is 0 Å². The summed E-state index contributed by atoms with van der Waals surface area (Å²) in [5, 5.41) is 4.97. The van der Waals surface area contributed by atoms with Crippen molar-refractivity contribution in [3.63, 3.8) is 0 Å². The number of benzene rings is 1. The molecule has 2 aliphatic heterocycles. The largest absolute Gasteiger partial charge is 0.441 e. The van der Waals surface area contributed by atoms with Gasteiger partial charge in [0.15, 0.2) is 6.10 Å². The molecular weight excluding hydrogens is 385 g/mol. The number of anilines is 1. The van der Waals surface area contributed by atoms with Gasteiger partial charge in [-0.15, -0.1) is 0 Å². The summed E-state index contributed by atoms with van der Waals surface area (Å²) in [6.07, 6.45) is -7.27. The minimum Gasteiger partial charge on any atom is -0.441 e. The van der Waals surface area contributed by atoms with E-state index in [-0.39, 0.29) is 31.4 Å². The molecule has 154 valence electrons. The molecule has 1 aromatic rings. The van der Waals surface area contributed by atoms with Gasteiger partial charge in [-0.25, -0.2) is 4.79 Å². The molecule has 0 bridgehead atoms. The Balaban J connectivity index is 1.54. The first-order chi connectivity index (χ1) is 13.3. The number of amides is 2. The fourth-order valence-electron chi connectivity index (χ4n) is 3.13. The van der Waals surface area contributed by atoms with Gasteiger partial charge in [0.25, 0.3) is 0 Å². The summed E-state index contributed by atoms with van der Waals surface area (Å²) in [6.45, 7) is 0.120. The third kappa shape index (κ3) is 4.72. The standard InChI is InChI=1S/C17H19F3N2O6/c1-25-8-13(23)22-11-6-26-15-12(7-27-14(11)15)28-16(24)21-10-4-2-3-9(5-10)17(18,19)20/h2-5,11-12,14-15H,6-8H2,1H3,(H,21,24)(H,22,23)/t11-,12+,14+,15+/m0/s1. The van der Waals surface area contributed by atoms with Crippen molar-refractivity contribution in [3.05, 3.63) is 29.8 Å². The maximum absolute atomic E-state index is 12.7. The topological polar surface area (TPSA) is 95.1 Å². The Bertz CT molecular complexity index is 729. The van der Waals surface area contributed by atoms with E-state index >= 15 is 0 Å². The van der Waals surface area contributed by atoms with E-state index in [1.807, 2.05) is 0 Å². The van der Waals surface area contributed by atoms with Crippen LogP contribution >= 0.6 is 0 Å². The van der Waals surface area contributed by atoms with E-state index in [9.17, 15) is 22.8 Å². The van der Waals surface area contributed by atoms with Crippen LogP contribution in [0.2, 0.25) is 0 Å². The summed E-state index contributed by atoms with van der Waals surface area (Å²) in [4.78, 5) is 23.7. The Kier molecular flexibility index (Phi) is 6.06. The van der Waals surface area contributed by atoms with Gasteiger partial charge in [-0.3, -0.25) is 10.1 Å². The number of methoxy groups -OCH3 is 1. The van der Waals surface area contributed by atoms with Crippen molar-refractivity contribution in [2.24, 2.45) is 0 Å². The second kappa shape index (κ2) is 8.33. The molecular formula is C17H19F3N2O6. The molecule has 0 aliphatic carbocycles. The Morgan fingerprint density at radius 1 is 1.21 bits per heavy atom. The highest BCUT2D eigenvalue weighted by atomic mass is 19.4. The van der Waals surface area contributed by atoms with Crippen LogP contribution < -0.4 is 10.6 Å². The molecule has 0 unspecified atom stereocenters. The number of carbonyl (C=O) groups is 2. The van der Waals surface area contributed by atoms with E-state index in [0.29, 0.717) is 0 Å². The van der Waals surface area contributed by atoms with Crippen LogP contribution in [0, 0.1) is 0 Å². The SMILES string of the molecule is COCC(=O)N[C@H]1CO[C@H]2[C@@H]1OC[C@H]2OC(=O)Nc1cccc(C(F)(F)F)c1. The van der Waals surface area contributed by atoms with Crippen molar-refractivity contribution in [1.29, 1.82) is 0 Å². The smallest absolute Gasteiger partial charge is 0.416 e. The van der Waals surface area contributed by atoms with Gasteiger partial charge in [0.2, 0.25) is 5.91 Å². The molecule has 11 heteroatoms. The quantitative estimate of drug-likeness (QED) is 0.773. The van der Waals surface area contributed by atoms with Crippen LogP contribution in [0.15, 0.2) is 24.3 Å². The normalized spacial score (nSPS) is 26.6. The van der Waals surface area contributed by atoms with Crippen LogP contribution in [-0.4, -0.2) is 63.3 Å². The lowest BCUT2D eigenvalue weighted by atomic mass is 10.1. The van der Waals surface area contributed by atoms with Gasteiger partial charge in [-0.2, -0.15) is 13.2 Å². The van der Waals surface area contributed by atoms with E-state index in [1.54, 1.807) is 0 Å². The lowest BCUT2D eigenvalue weighted by Gasteiger charge is -2.18. The average molecular weight is 404 g/mol. The lowest BCUT2D eigenvalue weighted by molar-refractivity contribution is -0.137. The molecule has 3 rings (SSSR count). The van der Waals surface area contributed by atoms with Crippen LogP contribution in [0.1, 0.15) is 5.56 Å². The Hall–Kier alpha value is -2.37. The number of ether oxygens (including phenoxy) is 4. The number of hydrogen-bond acceptors (Lipinski definition) is 6. The van der Waals surface area contributed by atoms with Crippen molar-refractivity contribution >= 4 is 17.7 Å². The van der Waals surface area contributed by atoms with Crippen LogP contribution in [0.5, 0.6) is 0 Å². The molecule has 2 amide bonds. The second-order valence-electron chi connectivity index (χ2n) is 6.35. The van der Waals surface area contributed by atoms with Gasteiger partial charge in [0, 0.05) is 12.8 Å². The lowest BCUT2D eigenvalue weighted by Crippen LogP contribution is -2.45. The zero-order chi connectivity index (χ0) is 20.3. The summed E-state index contributed by atoms with van der Waals surface area (Å²) in [6, 6.07) is 3.80. The van der Waals surface area contributed by atoms with Gasteiger partial charge in [-0.1, -0.05) is 6.07 Å². The molecule has 2 aliphatic rings. The number of carbonyl (C=O) groups excluding carboxylic acids is 2. The summed E-state index contributed by atoms with van der Waals surface area (Å²) >= 11 is 0. The van der Waals surface area contributed by atoms with Crippen molar-refractivity contribution in [2.45, 2.75) is 30.5 Å². The van der Waals surface area contributed by atoms with Gasteiger partial charge in [0.1, 0.15) is 18.8 Å². The number of halogens is 3. The molecule has 2 saturated heterocycles. The molecule has 0 aromatic heterocycles. The molecule has 4 atom stereocenters. The van der Waals surface area contributed by atoms with Crippen LogP contribution in [0.25, 0.3) is 0 Å². The Labute approximate surface area is 158 Å². The molecule has 0 saturated carbocycles. The first-order valence-corrected chi connectivity index (χ1v) is 8.44. The van der Waals surface area contributed by atoms with Crippen molar-refractivity contribution < 1.29 is 41.7 Å². The molecule has 0 radical (unpaired) electrons. The van der Waals surface area contributed by atoms with Crippen molar-refractivity contribution in [1.82, 2.24) is 5.32 Å². The molecule has 8 nitrogen and oxygen atoms in total. The van der Waals surface area contributed by atoms with Crippen LogP contribution in [-0.2, 0) is 29.9 Å². The molecule has 28 heavy (non-hydrogen) atoms. The van der Waals surface area contributed by atoms with Crippen LogP contribution in [0.3, 0.4) is 0 Å². The number of alkyl halides is 3. The van der Waals surface area contributed by atoms with E-state index in [0.717, 1.165) is 12.1 Å². The molecule has 1 aromatic carbocycles. The monoisotopic (exact) mass is 404 g/mol. The molecule has 0 spiro atoms. The van der Waals surface area contributed by atoms with E-state index in [1.165, 1.54) is 19.2 Å². The Morgan fingerprint density at radius 2 is 1.96 bits per heavy atom. The second-order valence-corrected chi connectivity index (χ2v) is 6.35. The van der Waals surface area contributed by atoms with E-state index in [2.05, 4.69) is 10.6 Å². The summed E-state index contributed by atoms with van der Waals surface area (Å²) < 4.78 is 59.3. The highest BCUT2D eigenvalue weighted by Crippen LogP contribution is 2.31. The third-order valence-corrected chi connectivity index (χ3v) is 4.32. The van der Waals surface area contributed by atoms with Gasteiger partial charge >= 0.3 is 12.3 Å². The predicted octanol–water partition coefficient (Wildman–Crippen LogP) is 1.55. The molecule has 2 heterocycles. The Morgan fingerprint density at radius 3 is 2.68 bits per heavy atom. The fraction of sp³-hybridized carbons (Fsp3) is 0.529. The average Bonchev–Trinajstić information content (AvgIpc) is 3.18. The van der Waals surface area contributed by atoms with E-state index in [4.69, 9.17) is 18.9 Å². The zero-order valence-corrected chi connectivity index (χ0v) is 14.8. The van der Waals surface area contributed by atoms with Gasteiger partial charge in [0.05, 0.1) is 24.8 Å². The number of fused-ring (bicyclic) bond motifs is 1. The van der Waals surface area contributed by atoms with Gasteiger partial charge < -0.3 is 24.3 Å². The third-order valence-electron chi connectivity index (χ3n) is 4.32. The first kappa shape index (κ1) is 20.4. The number of hydrogen-bond donors (Lipinski definition) is 2. The number of nitrogens with one attached hydrogen (secondary N) is 2. The summed E-state index contributed by atoms with van der Waals surface area (Å²) in [5.74, 6) is -0.327. The molecule has 2 N–H and O–H groups in total. The minimum atomic E-state index is -4.52. The van der Waals surface area contributed by atoms with E-state index < -0.39 is 42.2 Å². The predicted molar refractivity (Wildman–Crippen MR) is 88.6 cm³/mol. The van der Waals surface area contributed by atoms with Gasteiger partial charge in [-0.05, 0) is 18.2 Å². The summed E-state index contributed by atoms with van der Waals surface area (Å²) in [7, 11) is 1.40. The fourth-order valence-corrected chi connectivity index (χ4v) is 3.13. The minimum absolute atomic E-state index is 0.0436. The zero-order valence-electron chi connectivity index (χ0n) is 14.8. The van der Waals surface area contributed by atoms with Crippen molar-refractivity contribution in [2.75, 3.05) is 32.2 Å². The highest BCUT2D eigenvalue weighted by Gasteiger charge is 2.50. The molecule has 2 fully saturated rings.